The molecular weight excluding hydrogens is 384 g/mol. The molecule has 3 N–H and O–H groups in total. The Labute approximate surface area is 168 Å². The summed E-state index contributed by atoms with van der Waals surface area (Å²) in [4.78, 5) is 25.1. The van der Waals surface area contributed by atoms with Crippen molar-refractivity contribution in [1.29, 1.82) is 0 Å². The van der Waals surface area contributed by atoms with Crippen molar-refractivity contribution in [2.24, 2.45) is 0 Å². The van der Waals surface area contributed by atoms with E-state index in [1.165, 1.54) is 20.3 Å². The number of unbranched alkanes of at least 4 members (excludes halogenated alkanes) is 1. The minimum absolute atomic E-state index is 0.0691. The molecule has 0 saturated carbocycles. The van der Waals surface area contributed by atoms with Gasteiger partial charge in [-0.15, -0.1) is 0 Å². The van der Waals surface area contributed by atoms with Crippen LogP contribution in [0.3, 0.4) is 0 Å². The Morgan fingerprint density at radius 1 is 1.00 bits per heavy atom. The number of amides is 2. The van der Waals surface area contributed by atoms with Gasteiger partial charge in [-0.2, -0.15) is 0 Å². The molecule has 7 nitrogen and oxygen atoms in total. The lowest BCUT2D eigenvalue weighted by Crippen LogP contribution is -2.26. The average molecular weight is 407 g/mol. The number of aliphatic hydroxyl groups is 1. The second-order valence-electron chi connectivity index (χ2n) is 5.90. The third-order valence-corrected chi connectivity index (χ3v) is 4.23. The smallest absolute Gasteiger partial charge is 0.255 e. The zero-order chi connectivity index (χ0) is 20.5. The van der Waals surface area contributed by atoms with Crippen molar-refractivity contribution in [3.63, 3.8) is 0 Å². The van der Waals surface area contributed by atoms with E-state index in [2.05, 4.69) is 10.6 Å². The first kappa shape index (κ1) is 21.5. The number of carbonyl (C=O) groups excluding carboxylic acids is 2. The van der Waals surface area contributed by atoms with Gasteiger partial charge in [0, 0.05) is 23.7 Å². The monoisotopic (exact) mass is 406 g/mol. The summed E-state index contributed by atoms with van der Waals surface area (Å²) < 4.78 is 10.4. The summed E-state index contributed by atoms with van der Waals surface area (Å²) in [6.45, 7) is 0.481. The molecule has 0 spiro atoms. The Hall–Kier alpha value is -2.77. The second kappa shape index (κ2) is 10.5. The molecule has 0 bridgehead atoms. The van der Waals surface area contributed by atoms with E-state index in [-0.39, 0.29) is 18.1 Å². The zero-order valence-electron chi connectivity index (χ0n) is 15.8. The van der Waals surface area contributed by atoms with Crippen LogP contribution in [0, 0.1) is 0 Å². The minimum atomic E-state index is -0.405. The topological polar surface area (TPSA) is 96.9 Å². The molecule has 2 aromatic carbocycles. The Morgan fingerprint density at radius 2 is 1.75 bits per heavy atom. The number of benzene rings is 2. The van der Waals surface area contributed by atoms with E-state index in [4.69, 9.17) is 26.2 Å². The lowest BCUT2D eigenvalue weighted by molar-refractivity contribution is 0.0953. The summed E-state index contributed by atoms with van der Waals surface area (Å²) in [7, 11) is 2.99. The van der Waals surface area contributed by atoms with Gasteiger partial charge in [-0.25, -0.2) is 0 Å². The molecule has 0 unspecified atom stereocenters. The molecule has 0 aliphatic carbocycles. The maximum Gasteiger partial charge on any atom is 0.255 e. The highest BCUT2D eigenvalue weighted by Crippen LogP contribution is 2.28. The summed E-state index contributed by atoms with van der Waals surface area (Å²) in [6, 6.07) is 9.44. The Kier molecular flexibility index (Phi) is 8.10. The third kappa shape index (κ3) is 5.61. The number of anilines is 1. The van der Waals surface area contributed by atoms with Crippen LogP contribution in [0.1, 0.15) is 33.6 Å². The van der Waals surface area contributed by atoms with Crippen molar-refractivity contribution in [2.75, 3.05) is 32.7 Å². The molecule has 0 aromatic heterocycles. The fraction of sp³-hybridized carbons (Fsp3) is 0.300. The first-order chi connectivity index (χ1) is 13.5. The fourth-order valence-corrected chi connectivity index (χ4v) is 2.69. The normalized spacial score (nSPS) is 10.3. The van der Waals surface area contributed by atoms with Gasteiger partial charge in [0.25, 0.3) is 11.8 Å². The lowest BCUT2D eigenvalue weighted by atomic mass is 10.1. The summed E-state index contributed by atoms with van der Waals surface area (Å²) in [5.74, 6) is 0.169. The SMILES string of the molecule is COc1ccc(C(=O)Nc2ccc(Cl)cc2C(=O)NCCCCO)cc1OC. The highest BCUT2D eigenvalue weighted by molar-refractivity contribution is 6.31. The van der Waals surface area contributed by atoms with E-state index in [9.17, 15) is 9.59 Å². The van der Waals surface area contributed by atoms with E-state index in [1.807, 2.05) is 0 Å². The van der Waals surface area contributed by atoms with Crippen LogP contribution in [0.4, 0.5) is 5.69 Å². The molecule has 2 amide bonds. The van der Waals surface area contributed by atoms with Gasteiger partial charge in [0.1, 0.15) is 0 Å². The number of nitrogens with one attached hydrogen (secondary N) is 2. The largest absolute Gasteiger partial charge is 0.493 e. The van der Waals surface area contributed by atoms with Gasteiger partial charge in [0.2, 0.25) is 0 Å². The average Bonchev–Trinajstić information content (AvgIpc) is 2.71. The second-order valence-corrected chi connectivity index (χ2v) is 6.34. The molecular formula is C20H23ClN2O5. The molecule has 2 aromatic rings. The fourth-order valence-electron chi connectivity index (χ4n) is 2.52. The summed E-state index contributed by atoms with van der Waals surface area (Å²) in [6.07, 6.45) is 1.24. The van der Waals surface area contributed by atoms with E-state index in [0.29, 0.717) is 47.2 Å². The molecule has 0 aliphatic rings. The number of rotatable bonds is 9. The quantitative estimate of drug-likeness (QED) is 0.556. The molecule has 28 heavy (non-hydrogen) atoms. The Bertz CT molecular complexity index is 841. The van der Waals surface area contributed by atoms with Gasteiger partial charge in [-0.3, -0.25) is 9.59 Å². The number of hydrogen-bond donors (Lipinski definition) is 3. The lowest BCUT2D eigenvalue weighted by Gasteiger charge is -2.13. The number of carbonyl (C=O) groups is 2. The van der Waals surface area contributed by atoms with E-state index < -0.39 is 5.91 Å². The molecule has 2 rings (SSSR count). The van der Waals surface area contributed by atoms with Crippen LogP contribution in [-0.2, 0) is 0 Å². The highest BCUT2D eigenvalue weighted by atomic mass is 35.5. The van der Waals surface area contributed by atoms with Gasteiger partial charge >= 0.3 is 0 Å². The van der Waals surface area contributed by atoms with Crippen LogP contribution >= 0.6 is 11.6 Å². The number of methoxy groups -OCH3 is 2. The molecule has 150 valence electrons. The van der Waals surface area contributed by atoms with Gasteiger partial charge in [0.05, 0.1) is 25.5 Å². The first-order valence-corrected chi connectivity index (χ1v) is 9.10. The molecule has 8 heteroatoms. The van der Waals surface area contributed by atoms with E-state index in [1.54, 1.807) is 30.3 Å². The summed E-state index contributed by atoms with van der Waals surface area (Å²) >= 11 is 6.01. The van der Waals surface area contributed by atoms with Crippen LogP contribution in [0.15, 0.2) is 36.4 Å². The first-order valence-electron chi connectivity index (χ1n) is 8.72. The molecule has 0 fully saturated rings. The molecule has 0 aliphatic heterocycles. The highest BCUT2D eigenvalue weighted by Gasteiger charge is 2.16. The van der Waals surface area contributed by atoms with Gasteiger partial charge < -0.3 is 25.2 Å². The molecule has 0 radical (unpaired) electrons. The summed E-state index contributed by atoms with van der Waals surface area (Å²) in [5, 5.41) is 14.7. The van der Waals surface area contributed by atoms with Crippen LogP contribution in [-0.4, -0.2) is 44.3 Å². The van der Waals surface area contributed by atoms with Gasteiger partial charge in [-0.1, -0.05) is 11.6 Å². The molecule has 0 atom stereocenters. The van der Waals surface area contributed by atoms with E-state index >= 15 is 0 Å². The van der Waals surface area contributed by atoms with Crippen LogP contribution < -0.4 is 20.1 Å². The standard InChI is InChI=1S/C20H23ClN2O5/c1-27-17-8-5-13(11-18(17)28-2)19(25)23-16-7-6-14(21)12-15(16)20(26)22-9-3-4-10-24/h5-8,11-12,24H,3-4,9-10H2,1-2H3,(H,22,26)(H,23,25). The van der Waals surface area contributed by atoms with Crippen molar-refractivity contribution < 1.29 is 24.2 Å². The van der Waals surface area contributed by atoms with Crippen molar-refractivity contribution in [1.82, 2.24) is 5.32 Å². The summed E-state index contributed by atoms with van der Waals surface area (Å²) in [5.41, 5.74) is 0.941. The predicted octanol–water partition coefficient (Wildman–Crippen LogP) is 3.11. The van der Waals surface area contributed by atoms with Crippen LogP contribution in [0.2, 0.25) is 5.02 Å². The number of hydrogen-bond acceptors (Lipinski definition) is 5. The van der Waals surface area contributed by atoms with Crippen molar-refractivity contribution in [3.8, 4) is 11.5 Å². The molecule has 0 heterocycles. The van der Waals surface area contributed by atoms with Gasteiger partial charge in [0.15, 0.2) is 11.5 Å². The Balaban J connectivity index is 2.19. The van der Waals surface area contributed by atoms with Crippen molar-refractivity contribution >= 4 is 29.1 Å². The third-order valence-electron chi connectivity index (χ3n) is 3.99. The Morgan fingerprint density at radius 3 is 2.43 bits per heavy atom. The van der Waals surface area contributed by atoms with Crippen LogP contribution in [0.25, 0.3) is 0 Å². The molecule has 0 saturated heterocycles. The van der Waals surface area contributed by atoms with Crippen molar-refractivity contribution in [3.05, 3.63) is 52.5 Å². The number of halogens is 1. The minimum Gasteiger partial charge on any atom is -0.493 e. The van der Waals surface area contributed by atoms with Crippen molar-refractivity contribution in [2.45, 2.75) is 12.8 Å². The maximum absolute atomic E-state index is 12.6. The van der Waals surface area contributed by atoms with Crippen LogP contribution in [0.5, 0.6) is 11.5 Å². The van der Waals surface area contributed by atoms with Gasteiger partial charge in [-0.05, 0) is 49.2 Å². The zero-order valence-corrected chi connectivity index (χ0v) is 16.5. The predicted molar refractivity (Wildman–Crippen MR) is 108 cm³/mol. The van der Waals surface area contributed by atoms with E-state index in [0.717, 1.165) is 0 Å². The number of ether oxygens (including phenoxy) is 2. The maximum atomic E-state index is 12.6. The number of aliphatic hydroxyl groups excluding tert-OH is 1.